The number of likely N-dealkylation sites (tertiary alicyclic amines) is 1. The molecule has 1 aliphatic rings. The SMILES string of the molecule is COc1ccc(C(=O)NC2CCN(C(=O)CC(C)C)CC2)cc1[N+](=O)[O-]. The summed E-state index contributed by atoms with van der Waals surface area (Å²) in [5.41, 5.74) is -0.0231. The Hall–Kier alpha value is -2.64. The van der Waals surface area contributed by atoms with Crippen molar-refractivity contribution >= 4 is 17.5 Å². The number of carbonyl (C=O) groups is 2. The van der Waals surface area contributed by atoms with E-state index in [-0.39, 0.29) is 34.9 Å². The molecule has 142 valence electrons. The van der Waals surface area contributed by atoms with Gasteiger partial charge in [-0.3, -0.25) is 19.7 Å². The number of nitrogens with zero attached hydrogens (tertiary/aromatic N) is 2. The van der Waals surface area contributed by atoms with Crippen LogP contribution in [0.15, 0.2) is 18.2 Å². The van der Waals surface area contributed by atoms with E-state index in [2.05, 4.69) is 5.32 Å². The molecule has 1 N–H and O–H groups in total. The Bertz CT molecular complexity index is 681. The number of nitrogens with one attached hydrogen (secondary N) is 1. The zero-order valence-electron chi connectivity index (χ0n) is 15.4. The number of methoxy groups -OCH3 is 1. The highest BCUT2D eigenvalue weighted by molar-refractivity contribution is 5.95. The number of amides is 2. The first-order chi connectivity index (χ1) is 12.3. The van der Waals surface area contributed by atoms with Crippen LogP contribution in [0, 0.1) is 16.0 Å². The summed E-state index contributed by atoms with van der Waals surface area (Å²) in [7, 11) is 1.34. The molecule has 8 nitrogen and oxygen atoms in total. The number of hydrogen-bond donors (Lipinski definition) is 1. The van der Waals surface area contributed by atoms with Crippen LogP contribution in [-0.4, -0.2) is 47.9 Å². The second-order valence-electron chi connectivity index (χ2n) is 6.87. The van der Waals surface area contributed by atoms with Gasteiger partial charge in [0, 0.05) is 37.2 Å². The second-order valence-corrected chi connectivity index (χ2v) is 6.87. The van der Waals surface area contributed by atoms with Crippen LogP contribution in [0.5, 0.6) is 5.75 Å². The van der Waals surface area contributed by atoms with Crippen molar-refractivity contribution in [2.75, 3.05) is 20.2 Å². The van der Waals surface area contributed by atoms with Gasteiger partial charge in [0.1, 0.15) is 0 Å². The lowest BCUT2D eigenvalue weighted by Crippen LogP contribution is -2.46. The third-order valence-electron chi connectivity index (χ3n) is 4.40. The highest BCUT2D eigenvalue weighted by atomic mass is 16.6. The lowest BCUT2D eigenvalue weighted by Gasteiger charge is -2.32. The fourth-order valence-corrected chi connectivity index (χ4v) is 2.99. The van der Waals surface area contributed by atoms with E-state index in [4.69, 9.17) is 4.74 Å². The largest absolute Gasteiger partial charge is 0.490 e. The Balaban J connectivity index is 1.94. The number of hydrogen-bond acceptors (Lipinski definition) is 5. The van der Waals surface area contributed by atoms with E-state index in [0.29, 0.717) is 38.3 Å². The van der Waals surface area contributed by atoms with E-state index in [9.17, 15) is 19.7 Å². The van der Waals surface area contributed by atoms with Gasteiger partial charge >= 0.3 is 5.69 Å². The fourth-order valence-electron chi connectivity index (χ4n) is 2.99. The van der Waals surface area contributed by atoms with E-state index in [1.54, 1.807) is 0 Å². The predicted octanol–water partition coefficient (Wildman–Crippen LogP) is 2.37. The van der Waals surface area contributed by atoms with Gasteiger partial charge in [-0.2, -0.15) is 0 Å². The standard InChI is InChI=1S/C18H25N3O5/c1-12(2)10-17(22)20-8-6-14(7-9-20)19-18(23)13-4-5-16(26-3)15(11-13)21(24)25/h4-5,11-12,14H,6-10H2,1-3H3,(H,19,23). The maximum absolute atomic E-state index is 12.4. The summed E-state index contributed by atoms with van der Waals surface area (Å²) in [4.78, 5) is 36.8. The van der Waals surface area contributed by atoms with Gasteiger partial charge < -0.3 is 15.0 Å². The number of ether oxygens (including phenoxy) is 1. The van der Waals surface area contributed by atoms with Crippen molar-refractivity contribution < 1.29 is 19.2 Å². The molecule has 1 saturated heterocycles. The van der Waals surface area contributed by atoms with Crippen LogP contribution in [-0.2, 0) is 4.79 Å². The van der Waals surface area contributed by atoms with E-state index in [0.717, 1.165) is 0 Å². The van der Waals surface area contributed by atoms with Crippen LogP contribution in [0.2, 0.25) is 0 Å². The van der Waals surface area contributed by atoms with Crippen molar-refractivity contribution in [2.24, 2.45) is 5.92 Å². The molecule has 1 heterocycles. The first-order valence-electron chi connectivity index (χ1n) is 8.73. The third kappa shape index (κ3) is 4.93. The monoisotopic (exact) mass is 363 g/mol. The van der Waals surface area contributed by atoms with Crippen molar-refractivity contribution in [1.29, 1.82) is 0 Å². The second kappa shape index (κ2) is 8.64. The molecule has 0 unspecified atom stereocenters. The third-order valence-corrected chi connectivity index (χ3v) is 4.40. The lowest BCUT2D eigenvalue weighted by molar-refractivity contribution is -0.385. The molecule has 1 aromatic rings. The van der Waals surface area contributed by atoms with Crippen molar-refractivity contribution in [1.82, 2.24) is 10.2 Å². The number of carbonyl (C=O) groups excluding carboxylic acids is 2. The first kappa shape index (κ1) is 19.7. The average molecular weight is 363 g/mol. The van der Waals surface area contributed by atoms with Gasteiger partial charge in [-0.15, -0.1) is 0 Å². The zero-order chi connectivity index (χ0) is 19.3. The zero-order valence-corrected chi connectivity index (χ0v) is 15.4. The molecule has 0 aliphatic carbocycles. The summed E-state index contributed by atoms with van der Waals surface area (Å²) < 4.78 is 4.94. The Kier molecular flexibility index (Phi) is 6.54. The molecule has 1 fully saturated rings. The molecule has 2 rings (SSSR count). The average Bonchev–Trinajstić information content (AvgIpc) is 2.61. The molecule has 0 atom stereocenters. The van der Waals surface area contributed by atoms with Crippen LogP contribution in [0.4, 0.5) is 5.69 Å². The van der Waals surface area contributed by atoms with Gasteiger partial charge in [-0.05, 0) is 30.9 Å². The van der Waals surface area contributed by atoms with Crippen LogP contribution in [0.3, 0.4) is 0 Å². The molecule has 1 aromatic carbocycles. The molecule has 2 amide bonds. The number of nitro groups is 1. The molecule has 0 radical (unpaired) electrons. The van der Waals surface area contributed by atoms with Gasteiger partial charge in [0.25, 0.3) is 5.91 Å². The minimum absolute atomic E-state index is 0.0493. The summed E-state index contributed by atoms with van der Waals surface area (Å²) in [5, 5.41) is 14.0. The number of piperidine rings is 1. The smallest absolute Gasteiger partial charge is 0.311 e. The molecular formula is C18H25N3O5. The minimum Gasteiger partial charge on any atom is -0.490 e. The first-order valence-corrected chi connectivity index (χ1v) is 8.73. The van der Waals surface area contributed by atoms with Crippen LogP contribution in [0.25, 0.3) is 0 Å². The topological polar surface area (TPSA) is 102 Å². The van der Waals surface area contributed by atoms with E-state index < -0.39 is 4.92 Å². The summed E-state index contributed by atoms with van der Waals surface area (Å²) in [5.74, 6) is 0.229. The van der Waals surface area contributed by atoms with Gasteiger partial charge in [-0.1, -0.05) is 13.8 Å². The predicted molar refractivity (Wildman–Crippen MR) is 96.2 cm³/mol. The Morgan fingerprint density at radius 1 is 1.35 bits per heavy atom. The van der Waals surface area contributed by atoms with Crippen LogP contribution < -0.4 is 10.1 Å². The molecule has 26 heavy (non-hydrogen) atoms. The normalized spacial score (nSPS) is 15.0. The van der Waals surface area contributed by atoms with Crippen LogP contribution in [0.1, 0.15) is 43.5 Å². The molecule has 0 saturated carbocycles. The quantitative estimate of drug-likeness (QED) is 0.617. The molecule has 0 bridgehead atoms. The summed E-state index contributed by atoms with van der Waals surface area (Å²) >= 11 is 0. The molecule has 8 heteroatoms. The Labute approximate surface area is 152 Å². The number of rotatable bonds is 6. The number of benzene rings is 1. The fraction of sp³-hybridized carbons (Fsp3) is 0.556. The molecular weight excluding hydrogens is 338 g/mol. The van der Waals surface area contributed by atoms with Crippen LogP contribution >= 0.6 is 0 Å². The molecule has 0 spiro atoms. The van der Waals surface area contributed by atoms with Gasteiger partial charge in [-0.25, -0.2) is 0 Å². The maximum atomic E-state index is 12.4. The highest BCUT2D eigenvalue weighted by Crippen LogP contribution is 2.27. The van der Waals surface area contributed by atoms with Gasteiger partial charge in [0.2, 0.25) is 5.91 Å². The lowest BCUT2D eigenvalue weighted by atomic mass is 10.0. The molecule has 1 aliphatic heterocycles. The van der Waals surface area contributed by atoms with Gasteiger partial charge in [0.05, 0.1) is 12.0 Å². The van der Waals surface area contributed by atoms with Crippen molar-refractivity contribution in [2.45, 2.75) is 39.2 Å². The minimum atomic E-state index is -0.575. The Morgan fingerprint density at radius 2 is 2.00 bits per heavy atom. The van der Waals surface area contributed by atoms with Crippen molar-refractivity contribution in [3.63, 3.8) is 0 Å². The van der Waals surface area contributed by atoms with Crippen molar-refractivity contribution in [3.05, 3.63) is 33.9 Å². The van der Waals surface area contributed by atoms with E-state index in [1.807, 2.05) is 18.7 Å². The van der Waals surface area contributed by atoms with Crippen molar-refractivity contribution in [3.8, 4) is 5.75 Å². The van der Waals surface area contributed by atoms with Gasteiger partial charge in [0.15, 0.2) is 5.75 Å². The summed E-state index contributed by atoms with van der Waals surface area (Å²) in [6.07, 6.45) is 1.88. The maximum Gasteiger partial charge on any atom is 0.311 e. The molecule has 0 aromatic heterocycles. The summed E-state index contributed by atoms with van der Waals surface area (Å²) in [6, 6.07) is 4.09. The van der Waals surface area contributed by atoms with E-state index >= 15 is 0 Å². The Morgan fingerprint density at radius 3 is 2.54 bits per heavy atom. The highest BCUT2D eigenvalue weighted by Gasteiger charge is 2.25. The van der Waals surface area contributed by atoms with E-state index in [1.165, 1.54) is 25.3 Å². The summed E-state index contributed by atoms with van der Waals surface area (Å²) in [6.45, 7) is 5.25. The number of nitro benzene ring substituents is 1.